The lowest BCUT2D eigenvalue weighted by atomic mass is 9.83. The van der Waals surface area contributed by atoms with E-state index in [2.05, 4.69) is 16.3 Å². The minimum absolute atomic E-state index is 0.0197. The molecule has 0 bridgehead atoms. The van der Waals surface area contributed by atoms with Crippen LogP contribution in [0, 0.1) is 11.3 Å². The minimum Gasteiger partial charge on any atom is -0.497 e. The standard InChI is InChI=1S/C25H18N4O4S/c1-31-16-9-7-14(8-10-16)22-21-20(18(13-26)23(27)33-24(21)29-28-22)15-4-2-5-17(12-15)32-25(30)19-6-3-11-34-19/h2-12,20H,27H2,1H3,(H,28,29)/t20-/m0/s1. The first-order valence-corrected chi connectivity index (χ1v) is 11.1. The minimum atomic E-state index is -0.579. The van der Waals surface area contributed by atoms with Gasteiger partial charge in [-0.05, 0) is 53.4 Å². The van der Waals surface area contributed by atoms with Gasteiger partial charge in [0.25, 0.3) is 0 Å². The summed E-state index contributed by atoms with van der Waals surface area (Å²) in [6, 6.07) is 20.1. The zero-order chi connectivity index (χ0) is 23.7. The number of aromatic amines is 1. The summed E-state index contributed by atoms with van der Waals surface area (Å²) >= 11 is 1.30. The number of hydrogen-bond donors (Lipinski definition) is 2. The molecule has 9 heteroatoms. The highest BCUT2D eigenvalue weighted by molar-refractivity contribution is 7.12. The number of rotatable bonds is 5. The second-order valence-electron chi connectivity index (χ2n) is 7.41. The summed E-state index contributed by atoms with van der Waals surface area (Å²) in [6.07, 6.45) is 0. The van der Waals surface area contributed by atoms with Gasteiger partial charge in [0.1, 0.15) is 28.0 Å². The number of allylic oxidation sites excluding steroid dienone is 1. The van der Waals surface area contributed by atoms with E-state index in [-0.39, 0.29) is 17.3 Å². The van der Waals surface area contributed by atoms with Crippen molar-refractivity contribution in [3.8, 4) is 34.7 Å². The first kappa shape index (κ1) is 21.3. The van der Waals surface area contributed by atoms with Gasteiger partial charge in [-0.1, -0.05) is 18.2 Å². The number of aromatic nitrogens is 2. The second kappa shape index (κ2) is 8.77. The number of nitrogens with zero attached hydrogens (tertiary/aromatic N) is 2. The number of carbonyl (C=O) groups excluding carboxylic acids is 1. The second-order valence-corrected chi connectivity index (χ2v) is 8.36. The number of fused-ring (bicyclic) bond motifs is 1. The number of methoxy groups -OCH3 is 1. The molecule has 34 heavy (non-hydrogen) atoms. The molecule has 2 aromatic carbocycles. The van der Waals surface area contributed by atoms with Gasteiger partial charge in [0, 0.05) is 5.56 Å². The largest absolute Gasteiger partial charge is 0.497 e. The topological polar surface area (TPSA) is 123 Å². The maximum absolute atomic E-state index is 12.4. The number of ether oxygens (including phenoxy) is 3. The van der Waals surface area contributed by atoms with Crippen molar-refractivity contribution < 1.29 is 19.0 Å². The number of hydrogen-bond acceptors (Lipinski definition) is 8. The van der Waals surface area contributed by atoms with Crippen molar-refractivity contribution >= 4 is 17.3 Å². The van der Waals surface area contributed by atoms with Gasteiger partial charge in [-0.2, -0.15) is 5.26 Å². The number of esters is 1. The van der Waals surface area contributed by atoms with E-state index >= 15 is 0 Å². The maximum atomic E-state index is 12.4. The third-order valence-corrected chi connectivity index (χ3v) is 6.29. The van der Waals surface area contributed by atoms with Crippen molar-refractivity contribution in [3.63, 3.8) is 0 Å². The first-order chi connectivity index (χ1) is 16.6. The van der Waals surface area contributed by atoms with Crippen LogP contribution < -0.4 is 19.9 Å². The van der Waals surface area contributed by atoms with Crippen molar-refractivity contribution in [2.45, 2.75) is 5.92 Å². The summed E-state index contributed by atoms with van der Waals surface area (Å²) in [5, 5.41) is 19.0. The molecule has 5 rings (SSSR count). The number of carbonyl (C=O) groups is 1. The predicted molar refractivity (Wildman–Crippen MR) is 126 cm³/mol. The van der Waals surface area contributed by atoms with Crippen molar-refractivity contribution in [3.05, 3.63) is 93.5 Å². The molecule has 1 aliphatic rings. The van der Waals surface area contributed by atoms with Crippen LogP contribution in [0.2, 0.25) is 0 Å². The molecule has 2 aromatic heterocycles. The fourth-order valence-corrected chi connectivity index (χ4v) is 4.46. The number of benzene rings is 2. The van der Waals surface area contributed by atoms with E-state index < -0.39 is 11.9 Å². The molecule has 3 N–H and O–H groups in total. The predicted octanol–water partition coefficient (Wildman–Crippen LogP) is 4.58. The van der Waals surface area contributed by atoms with Gasteiger partial charge in [0.05, 0.1) is 24.3 Å². The normalized spacial score (nSPS) is 14.6. The Morgan fingerprint density at radius 2 is 2.00 bits per heavy atom. The molecule has 3 heterocycles. The number of nitriles is 1. The SMILES string of the molecule is COc1ccc(-c2[nH]nc3c2[C@@H](c2cccc(OC(=O)c4cccs4)c2)C(C#N)=C(N)O3)cc1. The van der Waals surface area contributed by atoms with E-state index in [1.807, 2.05) is 35.7 Å². The molecule has 1 aliphatic heterocycles. The average Bonchev–Trinajstić information content (AvgIpc) is 3.54. The van der Waals surface area contributed by atoms with Gasteiger partial charge >= 0.3 is 5.97 Å². The fourth-order valence-electron chi connectivity index (χ4n) is 3.87. The molecule has 0 spiro atoms. The summed E-state index contributed by atoms with van der Waals surface area (Å²) in [4.78, 5) is 12.9. The molecule has 0 saturated carbocycles. The van der Waals surface area contributed by atoms with Crippen LogP contribution in [0.4, 0.5) is 0 Å². The number of H-pyrrole nitrogens is 1. The lowest BCUT2D eigenvalue weighted by molar-refractivity contribution is 0.0739. The smallest absolute Gasteiger partial charge is 0.353 e. The summed E-state index contributed by atoms with van der Waals surface area (Å²) in [5.41, 5.74) is 9.21. The number of thiophene rings is 1. The van der Waals surface area contributed by atoms with E-state index in [1.165, 1.54) is 11.3 Å². The Bertz CT molecular complexity index is 1430. The molecule has 0 radical (unpaired) electrons. The zero-order valence-electron chi connectivity index (χ0n) is 17.9. The van der Waals surface area contributed by atoms with Crippen molar-refractivity contribution in [1.29, 1.82) is 5.26 Å². The quantitative estimate of drug-likeness (QED) is 0.323. The van der Waals surface area contributed by atoms with Crippen molar-refractivity contribution in [2.24, 2.45) is 5.73 Å². The van der Waals surface area contributed by atoms with Crippen LogP contribution in [-0.2, 0) is 0 Å². The molecular formula is C25H18N4O4S. The van der Waals surface area contributed by atoms with Crippen LogP contribution in [0.1, 0.15) is 26.7 Å². The lowest BCUT2D eigenvalue weighted by Crippen LogP contribution is -2.21. The lowest BCUT2D eigenvalue weighted by Gasteiger charge is -2.24. The van der Waals surface area contributed by atoms with Crippen molar-refractivity contribution in [2.75, 3.05) is 7.11 Å². The maximum Gasteiger partial charge on any atom is 0.353 e. The molecule has 0 unspecified atom stereocenters. The molecule has 0 aliphatic carbocycles. The third kappa shape index (κ3) is 3.76. The first-order valence-electron chi connectivity index (χ1n) is 10.2. The Kier molecular flexibility index (Phi) is 5.49. The van der Waals surface area contributed by atoms with Crippen LogP contribution in [-0.4, -0.2) is 23.3 Å². The molecular weight excluding hydrogens is 452 g/mol. The van der Waals surface area contributed by atoms with Gasteiger partial charge in [0.15, 0.2) is 0 Å². The van der Waals surface area contributed by atoms with Crippen LogP contribution in [0.15, 0.2) is 77.5 Å². The average molecular weight is 471 g/mol. The Hall–Kier alpha value is -4.55. The van der Waals surface area contributed by atoms with E-state index in [0.717, 1.165) is 5.56 Å². The highest BCUT2D eigenvalue weighted by Gasteiger charge is 2.35. The summed E-state index contributed by atoms with van der Waals surface area (Å²) < 4.78 is 16.5. The van der Waals surface area contributed by atoms with E-state index in [1.54, 1.807) is 37.4 Å². The van der Waals surface area contributed by atoms with Crippen LogP contribution in [0.3, 0.4) is 0 Å². The molecule has 0 saturated heterocycles. The molecule has 0 amide bonds. The highest BCUT2D eigenvalue weighted by atomic mass is 32.1. The van der Waals surface area contributed by atoms with E-state index in [4.69, 9.17) is 19.9 Å². The zero-order valence-corrected chi connectivity index (χ0v) is 18.8. The highest BCUT2D eigenvalue weighted by Crippen LogP contribution is 2.46. The molecule has 1 atom stereocenters. The van der Waals surface area contributed by atoms with Crippen LogP contribution in [0.25, 0.3) is 11.3 Å². The van der Waals surface area contributed by atoms with Crippen LogP contribution in [0.5, 0.6) is 17.4 Å². The van der Waals surface area contributed by atoms with Gasteiger partial charge in [-0.15, -0.1) is 16.4 Å². The summed E-state index contributed by atoms with van der Waals surface area (Å²) in [5.74, 6) is 0.311. The Morgan fingerprint density at radius 3 is 2.71 bits per heavy atom. The third-order valence-electron chi connectivity index (χ3n) is 5.44. The van der Waals surface area contributed by atoms with Crippen LogP contribution >= 0.6 is 11.3 Å². The van der Waals surface area contributed by atoms with Gasteiger partial charge < -0.3 is 19.9 Å². The molecule has 4 aromatic rings. The van der Waals surface area contributed by atoms with Gasteiger partial charge in [-0.25, -0.2) is 4.79 Å². The summed E-state index contributed by atoms with van der Waals surface area (Å²) in [6.45, 7) is 0. The Morgan fingerprint density at radius 1 is 1.18 bits per heavy atom. The Balaban J connectivity index is 1.58. The number of nitrogens with two attached hydrogens (primary N) is 1. The van der Waals surface area contributed by atoms with E-state index in [0.29, 0.717) is 33.2 Å². The molecule has 8 nitrogen and oxygen atoms in total. The fraction of sp³-hybridized carbons (Fsp3) is 0.0800. The summed E-state index contributed by atoms with van der Waals surface area (Å²) in [7, 11) is 1.60. The number of nitrogens with one attached hydrogen (secondary N) is 1. The molecule has 0 fully saturated rings. The van der Waals surface area contributed by atoms with E-state index in [9.17, 15) is 10.1 Å². The van der Waals surface area contributed by atoms with Crippen molar-refractivity contribution in [1.82, 2.24) is 10.2 Å². The monoisotopic (exact) mass is 470 g/mol. The Labute approximate surface area is 198 Å². The van der Waals surface area contributed by atoms with Gasteiger partial charge in [-0.3, -0.25) is 5.10 Å². The van der Waals surface area contributed by atoms with Gasteiger partial charge in [0.2, 0.25) is 11.8 Å². The molecule has 168 valence electrons.